The van der Waals surface area contributed by atoms with Crippen molar-refractivity contribution in [1.29, 1.82) is 0 Å². The van der Waals surface area contributed by atoms with E-state index in [0.29, 0.717) is 11.4 Å². The summed E-state index contributed by atoms with van der Waals surface area (Å²) in [5, 5.41) is 9.66. The molecule has 0 saturated carbocycles. The lowest BCUT2D eigenvalue weighted by molar-refractivity contribution is -0.154. The third kappa shape index (κ3) is 2.62. The molecule has 0 spiro atoms. The summed E-state index contributed by atoms with van der Waals surface area (Å²) in [6, 6.07) is 0. The highest BCUT2D eigenvalue weighted by molar-refractivity contribution is 7.13. The van der Waals surface area contributed by atoms with Gasteiger partial charge in [0.15, 0.2) is 6.10 Å². The number of aliphatic carboxylic acids is 1. The van der Waals surface area contributed by atoms with Crippen LogP contribution in [0.5, 0.6) is 0 Å². The molecule has 1 amide bonds. The number of aromatic nitrogens is 1. The number of carboxylic acid groups (broad SMARTS) is 1. The summed E-state index contributed by atoms with van der Waals surface area (Å²) in [4.78, 5) is 28.9. The first-order chi connectivity index (χ1) is 8.08. The maximum absolute atomic E-state index is 12.0. The molecule has 0 aromatic carbocycles. The number of rotatable bonds is 2. The molecule has 1 aromatic rings. The minimum atomic E-state index is -1.04. The molecule has 1 fully saturated rings. The van der Waals surface area contributed by atoms with Gasteiger partial charge in [-0.05, 0) is 6.92 Å². The fraction of sp³-hybridized carbons (Fsp3) is 0.500. The van der Waals surface area contributed by atoms with Crippen LogP contribution in [0.3, 0.4) is 0 Å². The molecule has 1 aliphatic heterocycles. The lowest BCUT2D eigenvalue weighted by Crippen LogP contribution is -2.48. The van der Waals surface area contributed by atoms with Gasteiger partial charge in [-0.1, -0.05) is 0 Å². The minimum absolute atomic E-state index is 0.0884. The largest absolute Gasteiger partial charge is 0.479 e. The van der Waals surface area contributed by atoms with Crippen LogP contribution in [0, 0.1) is 6.92 Å². The van der Waals surface area contributed by atoms with Gasteiger partial charge in [-0.3, -0.25) is 4.79 Å². The highest BCUT2D eigenvalue weighted by Crippen LogP contribution is 2.16. The van der Waals surface area contributed by atoms with Gasteiger partial charge in [-0.25, -0.2) is 9.78 Å². The van der Waals surface area contributed by atoms with Crippen molar-refractivity contribution < 1.29 is 19.4 Å². The van der Waals surface area contributed by atoms with Crippen molar-refractivity contribution in [2.75, 3.05) is 19.7 Å². The molecule has 1 N–H and O–H groups in total. The van der Waals surface area contributed by atoms with E-state index in [4.69, 9.17) is 9.84 Å². The van der Waals surface area contributed by atoms with Gasteiger partial charge in [0, 0.05) is 6.54 Å². The molecule has 0 aliphatic carbocycles. The highest BCUT2D eigenvalue weighted by atomic mass is 32.1. The third-order valence-electron chi connectivity index (χ3n) is 2.46. The van der Waals surface area contributed by atoms with Gasteiger partial charge in [-0.15, -0.1) is 11.3 Å². The van der Waals surface area contributed by atoms with Crippen LogP contribution in [0.4, 0.5) is 0 Å². The Morgan fingerprint density at radius 2 is 2.41 bits per heavy atom. The van der Waals surface area contributed by atoms with Crippen molar-refractivity contribution in [3.63, 3.8) is 0 Å². The van der Waals surface area contributed by atoms with E-state index in [1.165, 1.54) is 22.4 Å². The van der Waals surface area contributed by atoms with E-state index in [2.05, 4.69) is 4.98 Å². The number of carbonyl (C=O) groups excluding carboxylic acids is 1. The zero-order valence-electron chi connectivity index (χ0n) is 9.25. The predicted octanol–water partition coefficient (Wildman–Crippen LogP) is 0.377. The van der Waals surface area contributed by atoms with E-state index >= 15 is 0 Å². The van der Waals surface area contributed by atoms with Gasteiger partial charge >= 0.3 is 5.97 Å². The van der Waals surface area contributed by atoms with Crippen molar-refractivity contribution >= 4 is 23.2 Å². The molecule has 7 heteroatoms. The zero-order valence-corrected chi connectivity index (χ0v) is 10.1. The maximum Gasteiger partial charge on any atom is 0.334 e. The number of carbonyl (C=O) groups is 2. The van der Waals surface area contributed by atoms with Crippen molar-refractivity contribution in [2.24, 2.45) is 0 Å². The van der Waals surface area contributed by atoms with Gasteiger partial charge in [0.25, 0.3) is 5.91 Å². The number of hydrogen-bond acceptors (Lipinski definition) is 5. The van der Waals surface area contributed by atoms with Crippen LogP contribution in [0.1, 0.15) is 14.7 Å². The maximum atomic E-state index is 12.0. The summed E-state index contributed by atoms with van der Waals surface area (Å²) in [6.45, 7) is 2.58. The lowest BCUT2D eigenvalue weighted by atomic mass is 10.2. The Morgan fingerprint density at radius 3 is 3.00 bits per heavy atom. The Balaban J connectivity index is 2.07. The molecule has 1 atom stereocenters. The van der Waals surface area contributed by atoms with Crippen LogP contribution >= 0.6 is 11.3 Å². The molecule has 1 aromatic heterocycles. The Hall–Kier alpha value is -1.47. The number of aryl methyl sites for hydroxylation is 1. The fourth-order valence-corrected chi connectivity index (χ4v) is 2.34. The number of nitrogens with zero attached hydrogens (tertiary/aromatic N) is 2. The number of thiazole rings is 1. The minimum Gasteiger partial charge on any atom is -0.479 e. The molecule has 0 radical (unpaired) electrons. The zero-order chi connectivity index (χ0) is 12.4. The van der Waals surface area contributed by atoms with Crippen LogP contribution in [0.15, 0.2) is 6.20 Å². The molecular formula is C10H12N2O4S. The summed E-state index contributed by atoms with van der Waals surface area (Å²) >= 11 is 1.31. The molecule has 0 unspecified atom stereocenters. The quantitative estimate of drug-likeness (QED) is 0.827. The predicted molar refractivity (Wildman–Crippen MR) is 60.1 cm³/mol. The molecular weight excluding hydrogens is 244 g/mol. The topological polar surface area (TPSA) is 79.7 Å². The first-order valence-corrected chi connectivity index (χ1v) is 5.95. The highest BCUT2D eigenvalue weighted by Gasteiger charge is 2.30. The lowest BCUT2D eigenvalue weighted by Gasteiger charge is -2.30. The van der Waals surface area contributed by atoms with Crippen molar-refractivity contribution in [2.45, 2.75) is 13.0 Å². The van der Waals surface area contributed by atoms with Crippen LogP contribution in [0.25, 0.3) is 0 Å². The summed E-state index contributed by atoms with van der Waals surface area (Å²) in [5.41, 5.74) is 0. The third-order valence-corrected chi connectivity index (χ3v) is 3.36. The average Bonchev–Trinajstić information content (AvgIpc) is 2.75. The molecule has 17 heavy (non-hydrogen) atoms. The van der Waals surface area contributed by atoms with Crippen molar-refractivity contribution in [3.05, 3.63) is 16.1 Å². The van der Waals surface area contributed by atoms with Crippen molar-refractivity contribution in [3.8, 4) is 0 Å². The molecule has 92 valence electrons. The molecule has 2 heterocycles. The molecule has 6 nitrogen and oxygen atoms in total. The standard InChI is InChI=1S/C10H12N2O4S/c1-6-11-4-8(17-6)9(13)12-2-3-16-7(5-12)10(14)15/h4,7H,2-3,5H2,1H3,(H,14,15)/t7-/m1/s1. The van der Waals surface area contributed by atoms with E-state index < -0.39 is 12.1 Å². The Kier molecular flexibility index (Phi) is 3.39. The number of hydrogen-bond donors (Lipinski definition) is 1. The normalized spacial score (nSPS) is 20.3. The second-order valence-corrected chi connectivity index (χ2v) is 4.93. The summed E-state index contributed by atoms with van der Waals surface area (Å²) < 4.78 is 5.06. The van der Waals surface area contributed by atoms with Gasteiger partial charge in [0.1, 0.15) is 4.88 Å². The van der Waals surface area contributed by atoms with E-state index in [0.717, 1.165) is 5.01 Å². The van der Waals surface area contributed by atoms with Crippen LogP contribution < -0.4 is 0 Å². The van der Waals surface area contributed by atoms with E-state index in [1.54, 1.807) is 0 Å². The van der Waals surface area contributed by atoms with Crippen molar-refractivity contribution in [1.82, 2.24) is 9.88 Å². The number of ether oxygens (including phenoxy) is 1. The van der Waals surface area contributed by atoms with Crippen LogP contribution in [-0.2, 0) is 9.53 Å². The summed E-state index contributed by atoms with van der Waals surface area (Å²) in [5.74, 6) is -1.21. The molecule has 2 rings (SSSR count). The Morgan fingerprint density at radius 1 is 1.65 bits per heavy atom. The van der Waals surface area contributed by atoms with Crippen LogP contribution in [-0.4, -0.2) is 52.7 Å². The molecule has 1 saturated heterocycles. The van der Waals surface area contributed by atoms with E-state index in [1.807, 2.05) is 6.92 Å². The first-order valence-electron chi connectivity index (χ1n) is 5.14. The summed E-state index contributed by atoms with van der Waals surface area (Å²) in [6.07, 6.45) is 0.592. The Bertz CT molecular complexity index is 445. The second kappa shape index (κ2) is 4.80. The van der Waals surface area contributed by atoms with Gasteiger partial charge < -0.3 is 14.7 Å². The average molecular weight is 256 g/mol. The second-order valence-electron chi connectivity index (χ2n) is 3.69. The van der Waals surface area contributed by atoms with Crippen LogP contribution in [0.2, 0.25) is 0 Å². The number of carboxylic acids is 1. The van der Waals surface area contributed by atoms with E-state index in [9.17, 15) is 9.59 Å². The van der Waals surface area contributed by atoms with Gasteiger partial charge in [0.2, 0.25) is 0 Å². The van der Waals surface area contributed by atoms with Gasteiger partial charge in [0.05, 0.1) is 24.4 Å². The number of amides is 1. The molecule has 1 aliphatic rings. The monoisotopic (exact) mass is 256 g/mol. The summed E-state index contributed by atoms with van der Waals surface area (Å²) in [7, 11) is 0. The first kappa shape index (κ1) is 12.0. The SMILES string of the molecule is Cc1ncc(C(=O)N2CCO[C@@H](C(=O)O)C2)s1. The smallest absolute Gasteiger partial charge is 0.334 e. The van der Waals surface area contributed by atoms with Gasteiger partial charge in [-0.2, -0.15) is 0 Å². The van der Waals surface area contributed by atoms with E-state index in [-0.39, 0.29) is 19.1 Å². The number of morpholine rings is 1. The Labute approximate surface area is 102 Å². The molecule has 0 bridgehead atoms. The fourth-order valence-electron chi connectivity index (χ4n) is 1.60.